The highest BCUT2D eigenvalue weighted by molar-refractivity contribution is 5.94. The van der Waals surface area contributed by atoms with Crippen molar-refractivity contribution in [2.45, 2.75) is 26.4 Å². The SMILES string of the molecule is COc1cc(C)c(CN(C)[C@H](C)C(=O)Nc2ccc(C#N)cc2)cc1OC. The van der Waals surface area contributed by atoms with Crippen LogP contribution < -0.4 is 14.8 Å². The maximum Gasteiger partial charge on any atom is 0.241 e. The van der Waals surface area contributed by atoms with Gasteiger partial charge in [-0.1, -0.05) is 0 Å². The molecular weight excluding hydrogens is 342 g/mol. The van der Waals surface area contributed by atoms with Gasteiger partial charge in [-0.2, -0.15) is 5.26 Å². The van der Waals surface area contributed by atoms with Crippen LogP contribution in [0.15, 0.2) is 36.4 Å². The Kier molecular flexibility index (Phi) is 6.80. The number of nitrogens with one attached hydrogen (secondary N) is 1. The summed E-state index contributed by atoms with van der Waals surface area (Å²) < 4.78 is 10.7. The first kappa shape index (κ1) is 20.3. The van der Waals surface area contributed by atoms with E-state index in [0.717, 1.165) is 11.1 Å². The van der Waals surface area contributed by atoms with Crippen molar-refractivity contribution in [1.29, 1.82) is 5.26 Å². The molecule has 0 spiro atoms. The van der Waals surface area contributed by atoms with Crippen molar-refractivity contribution >= 4 is 11.6 Å². The third-order valence-corrected chi connectivity index (χ3v) is 4.58. The number of nitriles is 1. The molecule has 2 aromatic carbocycles. The molecule has 0 saturated carbocycles. The van der Waals surface area contributed by atoms with Gasteiger partial charge in [0.2, 0.25) is 5.91 Å². The molecule has 142 valence electrons. The second-order valence-electron chi connectivity index (χ2n) is 6.40. The topological polar surface area (TPSA) is 74.6 Å². The lowest BCUT2D eigenvalue weighted by Crippen LogP contribution is -2.39. The van der Waals surface area contributed by atoms with Crippen LogP contribution in [0.25, 0.3) is 0 Å². The largest absolute Gasteiger partial charge is 0.493 e. The van der Waals surface area contributed by atoms with Crippen LogP contribution in [0.4, 0.5) is 5.69 Å². The highest BCUT2D eigenvalue weighted by Gasteiger charge is 2.20. The van der Waals surface area contributed by atoms with E-state index in [1.165, 1.54) is 0 Å². The lowest BCUT2D eigenvalue weighted by atomic mass is 10.1. The molecule has 0 bridgehead atoms. The fourth-order valence-electron chi connectivity index (χ4n) is 2.67. The normalized spacial score (nSPS) is 11.6. The van der Waals surface area contributed by atoms with Crippen molar-refractivity contribution in [3.63, 3.8) is 0 Å². The number of nitrogens with zero attached hydrogens (tertiary/aromatic N) is 2. The zero-order valence-corrected chi connectivity index (χ0v) is 16.4. The minimum absolute atomic E-state index is 0.111. The Bertz CT molecular complexity index is 841. The van der Waals surface area contributed by atoms with E-state index < -0.39 is 0 Å². The van der Waals surface area contributed by atoms with Gasteiger partial charge >= 0.3 is 0 Å². The molecule has 1 amide bonds. The number of likely N-dealkylation sites (N-methyl/N-ethyl adjacent to an activating group) is 1. The molecule has 0 saturated heterocycles. The molecule has 6 heteroatoms. The summed E-state index contributed by atoms with van der Waals surface area (Å²) in [6.45, 7) is 4.45. The standard InChI is InChI=1S/C21H25N3O3/c1-14-10-19(26-4)20(27-5)11-17(14)13-24(3)15(2)21(25)23-18-8-6-16(12-22)7-9-18/h6-11,15H,13H2,1-5H3,(H,23,25)/t15-/m1/s1. The number of anilines is 1. The van der Waals surface area contributed by atoms with E-state index in [2.05, 4.69) is 11.4 Å². The fraction of sp³-hybridized carbons (Fsp3) is 0.333. The molecule has 2 rings (SSSR count). The van der Waals surface area contributed by atoms with Crippen LogP contribution in [0, 0.1) is 18.3 Å². The van der Waals surface area contributed by atoms with Crippen LogP contribution in [0.2, 0.25) is 0 Å². The molecule has 0 heterocycles. The molecule has 0 radical (unpaired) electrons. The highest BCUT2D eigenvalue weighted by atomic mass is 16.5. The molecule has 2 aromatic rings. The Balaban J connectivity index is 2.07. The molecule has 0 unspecified atom stereocenters. The smallest absolute Gasteiger partial charge is 0.241 e. The summed E-state index contributed by atoms with van der Waals surface area (Å²) in [5.74, 6) is 1.24. The van der Waals surface area contributed by atoms with Crippen molar-refractivity contribution in [1.82, 2.24) is 4.90 Å². The number of carbonyl (C=O) groups is 1. The van der Waals surface area contributed by atoms with E-state index >= 15 is 0 Å². The van der Waals surface area contributed by atoms with Gasteiger partial charge in [0, 0.05) is 12.2 Å². The van der Waals surface area contributed by atoms with Gasteiger partial charge in [0.1, 0.15) is 0 Å². The van der Waals surface area contributed by atoms with Gasteiger partial charge < -0.3 is 14.8 Å². The number of carbonyl (C=O) groups excluding carboxylic acids is 1. The summed E-state index contributed by atoms with van der Waals surface area (Å²) in [5.41, 5.74) is 3.36. The lowest BCUT2D eigenvalue weighted by molar-refractivity contribution is -0.120. The lowest BCUT2D eigenvalue weighted by Gasteiger charge is -2.25. The summed E-state index contributed by atoms with van der Waals surface area (Å²) in [6, 6.07) is 12.4. The number of benzene rings is 2. The minimum Gasteiger partial charge on any atom is -0.493 e. The predicted molar refractivity (Wildman–Crippen MR) is 105 cm³/mol. The minimum atomic E-state index is -0.340. The van der Waals surface area contributed by atoms with Gasteiger partial charge in [0.25, 0.3) is 0 Å². The zero-order valence-electron chi connectivity index (χ0n) is 16.4. The van der Waals surface area contributed by atoms with E-state index in [1.54, 1.807) is 38.5 Å². The van der Waals surface area contributed by atoms with Crippen molar-refractivity contribution in [3.8, 4) is 17.6 Å². The van der Waals surface area contributed by atoms with Gasteiger partial charge in [-0.05, 0) is 68.4 Å². The second-order valence-corrected chi connectivity index (χ2v) is 6.40. The summed E-state index contributed by atoms with van der Waals surface area (Å²) in [4.78, 5) is 14.5. The molecule has 1 N–H and O–H groups in total. The summed E-state index contributed by atoms with van der Waals surface area (Å²) in [6.07, 6.45) is 0. The molecule has 1 atom stereocenters. The van der Waals surface area contributed by atoms with Gasteiger partial charge in [0.15, 0.2) is 11.5 Å². The van der Waals surface area contributed by atoms with Crippen LogP contribution in [0.5, 0.6) is 11.5 Å². The maximum atomic E-state index is 12.5. The highest BCUT2D eigenvalue weighted by Crippen LogP contribution is 2.30. The Labute approximate surface area is 160 Å². The van der Waals surface area contributed by atoms with Crippen molar-refractivity contribution in [3.05, 3.63) is 53.1 Å². The Morgan fingerprint density at radius 3 is 2.33 bits per heavy atom. The monoisotopic (exact) mass is 367 g/mol. The molecular formula is C21H25N3O3. The molecule has 0 aliphatic carbocycles. The van der Waals surface area contributed by atoms with Crippen molar-refractivity contribution < 1.29 is 14.3 Å². The number of methoxy groups -OCH3 is 2. The van der Waals surface area contributed by atoms with E-state index in [0.29, 0.717) is 29.3 Å². The number of hydrogen-bond acceptors (Lipinski definition) is 5. The predicted octanol–water partition coefficient (Wildman–Crippen LogP) is 3.34. The summed E-state index contributed by atoms with van der Waals surface area (Å²) in [5, 5.41) is 11.7. The van der Waals surface area contributed by atoms with Crippen molar-refractivity contribution in [2.75, 3.05) is 26.6 Å². The number of ether oxygens (including phenoxy) is 2. The first-order valence-corrected chi connectivity index (χ1v) is 8.62. The van der Waals surface area contributed by atoms with E-state index in [9.17, 15) is 4.79 Å². The second kappa shape index (κ2) is 9.06. The Morgan fingerprint density at radius 1 is 1.19 bits per heavy atom. The zero-order chi connectivity index (χ0) is 20.0. The molecule has 6 nitrogen and oxygen atoms in total. The molecule has 0 aliphatic heterocycles. The van der Waals surface area contributed by atoms with Crippen LogP contribution in [-0.4, -0.2) is 38.1 Å². The van der Waals surface area contributed by atoms with Crippen LogP contribution in [0.1, 0.15) is 23.6 Å². The van der Waals surface area contributed by atoms with Gasteiger partial charge in [0.05, 0.1) is 31.9 Å². The van der Waals surface area contributed by atoms with Gasteiger partial charge in [-0.15, -0.1) is 0 Å². The van der Waals surface area contributed by atoms with Gasteiger partial charge in [-0.25, -0.2) is 0 Å². The molecule has 0 aromatic heterocycles. The summed E-state index contributed by atoms with van der Waals surface area (Å²) >= 11 is 0. The molecule has 0 fully saturated rings. The van der Waals surface area contributed by atoms with E-state index in [1.807, 2.05) is 37.9 Å². The summed E-state index contributed by atoms with van der Waals surface area (Å²) in [7, 11) is 5.12. The van der Waals surface area contributed by atoms with Crippen LogP contribution in [0.3, 0.4) is 0 Å². The number of amides is 1. The third kappa shape index (κ3) is 4.99. The third-order valence-electron chi connectivity index (χ3n) is 4.58. The van der Waals surface area contributed by atoms with E-state index in [-0.39, 0.29) is 11.9 Å². The Morgan fingerprint density at radius 2 is 1.78 bits per heavy atom. The van der Waals surface area contributed by atoms with Crippen LogP contribution >= 0.6 is 0 Å². The van der Waals surface area contributed by atoms with Crippen molar-refractivity contribution in [2.24, 2.45) is 0 Å². The average Bonchev–Trinajstić information content (AvgIpc) is 2.68. The molecule has 27 heavy (non-hydrogen) atoms. The first-order valence-electron chi connectivity index (χ1n) is 8.62. The maximum absolute atomic E-state index is 12.5. The van der Waals surface area contributed by atoms with Crippen LogP contribution in [-0.2, 0) is 11.3 Å². The number of hydrogen-bond donors (Lipinski definition) is 1. The Hall–Kier alpha value is -3.04. The van der Waals surface area contributed by atoms with E-state index in [4.69, 9.17) is 14.7 Å². The quantitative estimate of drug-likeness (QED) is 0.812. The average molecular weight is 367 g/mol. The molecule has 0 aliphatic rings. The fourth-order valence-corrected chi connectivity index (χ4v) is 2.67. The van der Waals surface area contributed by atoms with Gasteiger partial charge in [-0.3, -0.25) is 9.69 Å². The first-order chi connectivity index (χ1) is 12.9. The number of aryl methyl sites for hydroxylation is 1. The number of rotatable bonds is 7.